The number of anilines is 3. The van der Waals surface area contributed by atoms with Crippen molar-refractivity contribution < 1.29 is 27.4 Å². The average molecular weight is 463 g/mol. The van der Waals surface area contributed by atoms with Gasteiger partial charge in [-0.25, -0.2) is 28.1 Å². The lowest BCUT2D eigenvalue weighted by atomic mass is 9.89. The highest BCUT2D eigenvalue weighted by Crippen LogP contribution is 2.40. The summed E-state index contributed by atoms with van der Waals surface area (Å²) in [5, 5.41) is 10.4. The molecule has 0 radical (unpaired) electrons. The fourth-order valence-electron chi connectivity index (χ4n) is 3.71. The molecule has 1 aromatic carbocycles. The fraction of sp³-hybridized carbons (Fsp3) is 0.350. The summed E-state index contributed by atoms with van der Waals surface area (Å²) in [4.78, 5) is 16.9. The number of hydrazine groups is 1. The number of alkyl halides is 2. The molecule has 3 heterocycles. The SMILES string of the molecule is CNc1cc(Nc2cc(F)cc3c2OCCO3)nn2c(C(=O)NNC3CC(F)(F)C3)cnc12. The second-order valence-corrected chi connectivity index (χ2v) is 7.73. The zero-order valence-electron chi connectivity index (χ0n) is 17.4. The van der Waals surface area contributed by atoms with E-state index < -0.39 is 23.7 Å². The van der Waals surface area contributed by atoms with Crippen molar-refractivity contribution in [3.63, 3.8) is 0 Å². The third kappa shape index (κ3) is 4.06. The number of carbonyl (C=O) groups excluding carboxylic acids is 1. The van der Waals surface area contributed by atoms with Crippen LogP contribution >= 0.6 is 0 Å². The lowest BCUT2D eigenvalue weighted by Gasteiger charge is -2.35. The summed E-state index contributed by atoms with van der Waals surface area (Å²) in [6.45, 7) is 0.622. The second kappa shape index (κ2) is 7.99. The number of carbonyl (C=O) groups is 1. The van der Waals surface area contributed by atoms with Crippen LogP contribution in [0.25, 0.3) is 5.65 Å². The number of nitrogens with zero attached hydrogens (tertiary/aromatic N) is 3. The third-order valence-electron chi connectivity index (χ3n) is 5.32. The minimum Gasteiger partial charge on any atom is -0.486 e. The number of benzene rings is 1. The van der Waals surface area contributed by atoms with Crippen molar-refractivity contribution in [2.24, 2.45) is 0 Å². The summed E-state index contributed by atoms with van der Waals surface area (Å²) >= 11 is 0. The molecule has 1 saturated carbocycles. The minimum absolute atomic E-state index is 0.0737. The van der Waals surface area contributed by atoms with Gasteiger partial charge in [-0.05, 0) is 0 Å². The average Bonchev–Trinajstić information content (AvgIpc) is 3.19. The highest BCUT2D eigenvalue weighted by atomic mass is 19.3. The highest BCUT2D eigenvalue weighted by Gasteiger charge is 2.45. The van der Waals surface area contributed by atoms with Gasteiger partial charge in [0, 0.05) is 44.1 Å². The van der Waals surface area contributed by atoms with Crippen molar-refractivity contribution in [1.82, 2.24) is 25.4 Å². The van der Waals surface area contributed by atoms with Crippen LogP contribution in [0.2, 0.25) is 0 Å². The Kier molecular flexibility index (Phi) is 5.12. The zero-order chi connectivity index (χ0) is 23.2. The lowest BCUT2D eigenvalue weighted by molar-refractivity contribution is -0.0948. The maximum atomic E-state index is 14.1. The molecule has 1 amide bonds. The van der Waals surface area contributed by atoms with Crippen molar-refractivity contribution >= 4 is 28.7 Å². The van der Waals surface area contributed by atoms with Crippen LogP contribution < -0.4 is 31.0 Å². The summed E-state index contributed by atoms with van der Waals surface area (Å²) in [6, 6.07) is 3.61. The molecule has 3 aromatic rings. The minimum atomic E-state index is -2.71. The van der Waals surface area contributed by atoms with Gasteiger partial charge in [0.25, 0.3) is 11.8 Å². The van der Waals surface area contributed by atoms with E-state index in [4.69, 9.17) is 9.47 Å². The monoisotopic (exact) mass is 463 g/mol. The molecule has 0 unspecified atom stereocenters. The maximum Gasteiger partial charge on any atom is 0.285 e. The van der Waals surface area contributed by atoms with Crippen molar-refractivity contribution in [2.45, 2.75) is 24.8 Å². The molecule has 10 nitrogen and oxygen atoms in total. The standard InChI is InChI=1S/C20H20F3N7O3/c1-24-13-6-16(26-12-4-10(21)5-15-17(12)33-3-2-32-15)29-30-14(9-25-18(13)30)19(31)28-27-11-7-20(22,23)8-11/h4-6,9,11,24,27H,2-3,7-8H2,1H3,(H,26,29)(H,28,31). The molecule has 2 aromatic heterocycles. The van der Waals surface area contributed by atoms with E-state index in [1.54, 1.807) is 13.1 Å². The molecular formula is C20H20F3N7O3. The Balaban J connectivity index is 1.43. The number of ether oxygens (including phenoxy) is 2. The van der Waals surface area contributed by atoms with Gasteiger partial charge in [-0.3, -0.25) is 10.2 Å². The van der Waals surface area contributed by atoms with E-state index in [0.717, 1.165) is 0 Å². The molecule has 0 spiro atoms. The number of hydrogen-bond acceptors (Lipinski definition) is 8. The predicted molar refractivity (Wildman–Crippen MR) is 112 cm³/mol. The molecule has 33 heavy (non-hydrogen) atoms. The third-order valence-corrected chi connectivity index (χ3v) is 5.32. The van der Waals surface area contributed by atoms with Crippen molar-refractivity contribution in [3.05, 3.63) is 35.9 Å². The van der Waals surface area contributed by atoms with Gasteiger partial charge in [-0.2, -0.15) is 0 Å². The summed E-state index contributed by atoms with van der Waals surface area (Å²) in [5.41, 5.74) is 6.31. The van der Waals surface area contributed by atoms with E-state index in [9.17, 15) is 18.0 Å². The number of fused-ring (bicyclic) bond motifs is 2. The van der Waals surface area contributed by atoms with E-state index in [1.807, 2.05) is 0 Å². The van der Waals surface area contributed by atoms with Gasteiger partial charge in [0.05, 0.1) is 17.6 Å². The molecule has 4 N–H and O–H groups in total. The number of hydrogen-bond donors (Lipinski definition) is 4. The van der Waals surface area contributed by atoms with Crippen LogP contribution in [0.5, 0.6) is 11.5 Å². The van der Waals surface area contributed by atoms with Crippen LogP contribution in [0.4, 0.5) is 30.4 Å². The number of rotatable bonds is 6. The molecule has 13 heteroatoms. The van der Waals surface area contributed by atoms with Crippen molar-refractivity contribution in [1.29, 1.82) is 0 Å². The highest BCUT2D eigenvalue weighted by molar-refractivity contribution is 5.93. The Bertz CT molecular complexity index is 1230. The summed E-state index contributed by atoms with van der Waals surface area (Å²) < 4.78 is 52.4. The largest absolute Gasteiger partial charge is 0.486 e. The van der Waals surface area contributed by atoms with E-state index in [-0.39, 0.29) is 30.1 Å². The topological polar surface area (TPSA) is 114 Å². The number of nitrogens with one attached hydrogen (secondary N) is 4. The van der Waals surface area contributed by atoms with E-state index in [2.05, 4.69) is 31.6 Å². The fourth-order valence-corrected chi connectivity index (χ4v) is 3.71. The Morgan fingerprint density at radius 2 is 1.97 bits per heavy atom. The van der Waals surface area contributed by atoms with Crippen molar-refractivity contribution in [3.8, 4) is 11.5 Å². The maximum absolute atomic E-state index is 14.1. The second-order valence-electron chi connectivity index (χ2n) is 7.73. The van der Waals surface area contributed by atoms with Gasteiger partial charge in [-0.15, -0.1) is 5.10 Å². The number of aromatic nitrogens is 3. The molecule has 1 aliphatic heterocycles. The lowest BCUT2D eigenvalue weighted by Crippen LogP contribution is -2.54. The quantitative estimate of drug-likeness (QED) is 0.413. The number of amides is 1. The molecule has 2 aliphatic rings. The van der Waals surface area contributed by atoms with Gasteiger partial charge < -0.3 is 20.1 Å². The van der Waals surface area contributed by atoms with Crippen molar-refractivity contribution in [2.75, 3.05) is 30.9 Å². The smallest absolute Gasteiger partial charge is 0.285 e. The molecule has 0 bridgehead atoms. The summed E-state index contributed by atoms with van der Waals surface area (Å²) in [7, 11) is 1.67. The summed E-state index contributed by atoms with van der Waals surface area (Å²) in [6.07, 6.45) is 0.626. The van der Waals surface area contributed by atoms with Gasteiger partial charge in [0.15, 0.2) is 28.7 Å². The predicted octanol–water partition coefficient (Wildman–Crippen LogP) is 2.46. The first-order valence-electron chi connectivity index (χ1n) is 10.2. The molecule has 0 saturated heterocycles. The molecule has 0 atom stereocenters. The Hall–Kier alpha value is -3.74. The first kappa shape index (κ1) is 21.1. The van der Waals surface area contributed by atoms with Crippen LogP contribution in [-0.4, -0.2) is 52.7 Å². The van der Waals surface area contributed by atoms with Gasteiger partial charge in [0.2, 0.25) is 0 Å². The van der Waals surface area contributed by atoms with Crippen LogP contribution in [0.1, 0.15) is 23.3 Å². The molecule has 1 aliphatic carbocycles. The van der Waals surface area contributed by atoms with Gasteiger partial charge >= 0.3 is 0 Å². The van der Waals surface area contributed by atoms with Crippen LogP contribution in [-0.2, 0) is 0 Å². The van der Waals surface area contributed by atoms with E-state index in [0.29, 0.717) is 36.0 Å². The van der Waals surface area contributed by atoms with Crippen LogP contribution in [0.15, 0.2) is 24.4 Å². The molecule has 1 fully saturated rings. The Morgan fingerprint density at radius 1 is 1.18 bits per heavy atom. The van der Waals surface area contributed by atoms with Gasteiger partial charge in [0.1, 0.15) is 19.0 Å². The molecular weight excluding hydrogens is 443 g/mol. The first-order valence-corrected chi connectivity index (χ1v) is 10.2. The normalized spacial score (nSPS) is 16.8. The zero-order valence-corrected chi connectivity index (χ0v) is 17.4. The molecule has 5 rings (SSSR count). The number of halogens is 3. The summed E-state index contributed by atoms with van der Waals surface area (Å²) in [5.74, 6) is -2.93. The van der Waals surface area contributed by atoms with Crippen LogP contribution in [0.3, 0.4) is 0 Å². The molecule has 174 valence electrons. The van der Waals surface area contributed by atoms with Crippen LogP contribution in [0, 0.1) is 5.82 Å². The number of imidazole rings is 1. The Morgan fingerprint density at radius 3 is 2.73 bits per heavy atom. The first-order chi connectivity index (χ1) is 15.8. The van der Waals surface area contributed by atoms with E-state index in [1.165, 1.54) is 22.8 Å². The Labute approximate surface area is 185 Å². The van der Waals surface area contributed by atoms with Gasteiger partial charge in [-0.1, -0.05) is 0 Å². The van der Waals surface area contributed by atoms with E-state index >= 15 is 0 Å².